The highest BCUT2D eigenvalue weighted by Gasteiger charge is 2.28. The van der Waals surface area contributed by atoms with Crippen LogP contribution in [-0.2, 0) is 28.6 Å². The minimum absolute atomic E-state index is 0.00371. The molecule has 13 heteroatoms. The number of aldehydes is 2. The van der Waals surface area contributed by atoms with Crippen LogP contribution in [-0.4, -0.2) is 120 Å². The molecule has 38 heavy (non-hydrogen) atoms. The number of benzene rings is 1. The first-order valence-corrected chi connectivity index (χ1v) is 12.1. The van der Waals surface area contributed by atoms with E-state index in [-0.39, 0.29) is 56.1 Å². The summed E-state index contributed by atoms with van der Waals surface area (Å²) in [6.07, 6.45) is 1.30. The molecule has 0 heterocycles. The van der Waals surface area contributed by atoms with Gasteiger partial charge in [0.05, 0.1) is 57.4 Å². The van der Waals surface area contributed by atoms with Crippen molar-refractivity contribution in [2.75, 3.05) is 73.5 Å². The Kier molecular flexibility index (Phi) is 16.9. The van der Waals surface area contributed by atoms with Crippen LogP contribution in [0.25, 0.3) is 0 Å². The van der Waals surface area contributed by atoms with Crippen LogP contribution in [0.4, 0.5) is 0 Å². The normalized spacial score (nSPS) is 11.3. The average molecular weight is 540 g/mol. The van der Waals surface area contributed by atoms with Gasteiger partial charge in [-0.2, -0.15) is 0 Å². The van der Waals surface area contributed by atoms with Gasteiger partial charge in [0.25, 0.3) is 11.8 Å². The van der Waals surface area contributed by atoms with Gasteiger partial charge in [-0.1, -0.05) is 6.07 Å². The molecule has 3 N–H and O–H groups in total. The average Bonchev–Trinajstić information content (AvgIpc) is 2.93. The van der Waals surface area contributed by atoms with Crippen LogP contribution in [0.15, 0.2) is 18.2 Å². The molecule has 0 aliphatic heterocycles. The molecule has 1 rings (SSSR count). The van der Waals surface area contributed by atoms with Crippen molar-refractivity contribution in [3.8, 4) is 5.75 Å². The van der Waals surface area contributed by atoms with Crippen LogP contribution < -0.4 is 15.4 Å². The zero-order chi connectivity index (χ0) is 28.2. The van der Waals surface area contributed by atoms with Crippen LogP contribution in [0.3, 0.4) is 0 Å². The molecular formula is C25H37N3O10. The number of hydrogen-bond acceptors (Lipinski definition) is 10. The summed E-state index contributed by atoms with van der Waals surface area (Å²) in [4.78, 5) is 61.2. The number of hydrogen-bond donors (Lipinski definition) is 3. The van der Waals surface area contributed by atoms with Crippen molar-refractivity contribution in [1.82, 2.24) is 15.5 Å². The van der Waals surface area contributed by atoms with E-state index >= 15 is 0 Å². The molecule has 1 aromatic carbocycles. The fraction of sp³-hybridized carbons (Fsp3) is 0.560. The molecule has 13 nitrogen and oxygen atoms in total. The first kappa shape index (κ1) is 32.6. The van der Waals surface area contributed by atoms with Gasteiger partial charge in [0.15, 0.2) is 12.9 Å². The van der Waals surface area contributed by atoms with Crippen LogP contribution in [0, 0.1) is 0 Å². The number of likely N-dealkylation sites (N-methyl/N-ethyl adjacent to an activating group) is 2. The molecule has 0 bridgehead atoms. The lowest BCUT2D eigenvalue weighted by atomic mass is 10.0. The van der Waals surface area contributed by atoms with E-state index in [4.69, 9.17) is 24.1 Å². The van der Waals surface area contributed by atoms with Crippen molar-refractivity contribution in [1.29, 1.82) is 0 Å². The molecule has 0 aliphatic carbocycles. The Morgan fingerprint density at radius 2 is 1.68 bits per heavy atom. The Bertz CT molecular complexity index is 896. The number of rotatable bonds is 21. The van der Waals surface area contributed by atoms with E-state index in [1.54, 1.807) is 0 Å². The van der Waals surface area contributed by atoms with Gasteiger partial charge in [0, 0.05) is 27.1 Å². The predicted octanol–water partition coefficient (Wildman–Crippen LogP) is -0.798. The van der Waals surface area contributed by atoms with Gasteiger partial charge in [0.1, 0.15) is 18.1 Å². The maximum atomic E-state index is 13.1. The van der Waals surface area contributed by atoms with E-state index in [0.29, 0.717) is 39.0 Å². The van der Waals surface area contributed by atoms with Crippen LogP contribution >= 0.6 is 0 Å². The number of aliphatic hydroxyl groups excluding tert-OH is 1. The zero-order valence-electron chi connectivity index (χ0n) is 21.8. The van der Waals surface area contributed by atoms with E-state index in [0.717, 1.165) is 4.90 Å². The fourth-order valence-corrected chi connectivity index (χ4v) is 3.27. The molecular weight excluding hydrogens is 502 g/mol. The van der Waals surface area contributed by atoms with E-state index in [1.165, 1.54) is 32.3 Å². The molecule has 1 atom stereocenters. The van der Waals surface area contributed by atoms with Crippen LogP contribution in [0.5, 0.6) is 5.75 Å². The third-order valence-corrected chi connectivity index (χ3v) is 5.22. The van der Waals surface area contributed by atoms with Gasteiger partial charge < -0.3 is 44.4 Å². The summed E-state index contributed by atoms with van der Waals surface area (Å²) in [5, 5.41) is 13.7. The van der Waals surface area contributed by atoms with E-state index < -0.39 is 30.4 Å². The van der Waals surface area contributed by atoms with Gasteiger partial charge >= 0.3 is 0 Å². The van der Waals surface area contributed by atoms with Crippen molar-refractivity contribution in [3.63, 3.8) is 0 Å². The molecule has 3 amide bonds. The Hall–Kier alpha value is -3.39. The molecule has 0 radical (unpaired) electrons. The highest BCUT2D eigenvalue weighted by atomic mass is 16.5. The summed E-state index contributed by atoms with van der Waals surface area (Å²) in [6, 6.07) is 3.46. The van der Waals surface area contributed by atoms with Gasteiger partial charge in [-0.05, 0) is 18.6 Å². The molecule has 0 saturated carbocycles. The van der Waals surface area contributed by atoms with Crippen LogP contribution in [0.1, 0.15) is 33.6 Å². The number of aliphatic hydroxyl groups is 1. The van der Waals surface area contributed by atoms with Gasteiger partial charge in [0.2, 0.25) is 5.91 Å². The second-order valence-corrected chi connectivity index (χ2v) is 7.82. The molecule has 1 aromatic rings. The number of carbonyl (C=O) groups excluding carboxylic acids is 5. The Morgan fingerprint density at radius 1 is 1.03 bits per heavy atom. The maximum Gasteiger partial charge on any atom is 0.258 e. The molecule has 0 fully saturated rings. The molecule has 0 spiro atoms. The summed E-state index contributed by atoms with van der Waals surface area (Å²) >= 11 is 0. The minimum atomic E-state index is -0.910. The lowest BCUT2D eigenvalue weighted by Gasteiger charge is -2.27. The second-order valence-electron chi connectivity index (χ2n) is 7.82. The third kappa shape index (κ3) is 11.8. The van der Waals surface area contributed by atoms with E-state index in [9.17, 15) is 24.0 Å². The quantitative estimate of drug-likeness (QED) is 0.133. The monoisotopic (exact) mass is 539 g/mol. The van der Waals surface area contributed by atoms with Crippen molar-refractivity contribution < 1.29 is 48.0 Å². The van der Waals surface area contributed by atoms with Crippen molar-refractivity contribution in [2.24, 2.45) is 0 Å². The molecule has 1 unspecified atom stereocenters. The molecule has 212 valence electrons. The Balaban J connectivity index is 2.55. The lowest BCUT2D eigenvalue weighted by molar-refractivity contribution is -0.125. The Morgan fingerprint density at radius 3 is 2.29 bits per heavy atom. The SMILES string of the molecule is CNC(=O)C(CCC=O)N(C)C(=O)c1cccc(OCC(=O)NCCOCCOCCOCCO)c1C=O. The summed E-state index contributed by atoms with van der Waals surface area (Å²) < 4.78 is 21.2. The number of amides is 3. The largest absolute Gasteiger partial charge is 0.483 e. The highest BCUT2D eigenvalue weighted by Crippen LogP contribution is 2.23. The van der Waals surface area contributed by atoms with E-state index in [1.807, 2.05) is 0 Å². The van der Waals surface area contributed by atoms with Gasteiger partial charge in [-0.3, -0.25) is 19.2 Å². The van der Waals surface area contributed by atoms with E-state index in [2.05, 4.69) is 10.6 Å². The second kappa shape index (κ2) is 19.7. The predicted molar refractivity (Wildman–Crippen MR) is 135 cm³/mol. The fourth-order valence-electron chi connectivity index (χ4n) is 3.27. The summed E-state index contributed by atoms with van der Waals surface area (Å²) in [7, 11) is 2.83. The van der Waals surface area contributed by atoms with Gasteiger partial charge in [-0.15, -0.1) is 0 Å². The third-order valence-electron chi connectivity index (χ3n) is 5.22. The topological polar surface area (TPSA) is 170 Å². The first-order valence-electron chi connectivity index (χ1n) is 12.1. The van der Waals surface area contributed by atoms with Crippen molar-refractivity contribution >= 4 is 30.3 Å². The zero-order valence-corrected chi connectivity index (χ0v) is 21.8. The Labute approximate surface area is 221 Å². The van der Waals surface area contributed by atoms with Crippen molar-refractivity contribution in [2.45, 2.75) is 18.9 Å². The molecule has 0 aliphatic rings. The highest BCUT2D eigenvalue weighted by molar-refractivity contribution is 6.04. The lowest BCUT2D eigenvalue weighted by Crippen LogP contribution is -2.47. The van der Waals surface area contributed by atoms with Crippen molar-refractivity contribution in [3.05, 3.63) is 29.3 Å². The number of carbonyl (C=O) groups is 5. The number of ether oxygens (including phenoxy) is 4. The van der Waals surface area contributed by atoms with Crippen LogP contribution in [0.2, 0.25) is 0 Å². The summed E-state index contributed by atoms with van der Waals surface area (Å²) in [6.45, 7) is 1.78. The van der Waals surface area contributed by atoms with Gasteiger partial charge in [-0.25, -0.2) is 0 Å². The maximum absolute atomic E-state index is 13.1. The standard InChI is InChI=1S/C25H37N3O10/c1-26-24(33)21(6-4-9-29)28(2)25(34)19-5-3-7-22(20(19)17-31)38-18-23(32)27-8-11-35-13-15-37-16-14-36-12-10-30/h3,5,7,9,17,21,30H,4,6,8,10-16,18H2,1-2H3,(H,26,33)(H,27,32). The molecule has 0 saturated heterocycles. The smallest absolute Gasteiger partial charge is 0.258 e. The first-order chi connectivity index (χ1) is 18.4. The molecule has 0 aromatic heterocycles. The summed E-state index contributed by atoms with van der Waals surface area (Å²) in [5.41, 5.74) is -0.0655. The summed E-state index contributed by atoms with van der Waals surface area (Å²) in [5.74, 6) is -1.47. The minimum Gasteiger partial charge on any atom is -0.483 e. The number of nitrogens with one attached hydrogen (secondary N) is 2. The number of nitrogens with zero attached hydrogens (tertiary/aromatic N) is 1.